The highest BCUT2D eigenvalue weighted by Gasteiger charge is 2.48. The van der Waals surface area contributed by atoms with Crippen LogP contribution in [0, 0.1) is 17.8 Å². The number of furan rings is 1. The lowest BCUT2D eigenvalue weighted by atomic mass is 10.0. The van der Waals surface area contributed by atoms with Crippen LogP contribution in [-0.2, 0) is 4.79 Å². The maximum absolute atomic E-state index is 12.0. The normalized spacial score (nSPS) is 33.2. The first-order valence-electron chi connectivity index (χ1n) is 6.08. The largest absolute Gasteiger partial charge is 0.467 e. The van der Waals surface area contributed by atoms with Crippen molar-refractivity contribution in [1.29, 1.82) is 0 Å². The van der Waals surface area contributed by atoms with Gasteiger partial charge in [-0.25, -0.2) is 0 Å². The predicted octanol–water partition coefficient (Wildman–Crippen LogP) is 2.50. The van der Waals surface area contributed by atoms with Gasteiger partial charge < -0.3 is 9.73 Å². The van der Waals surface area contributed by atoms with Crippen molar-refractivity contribution in [2.24, 2.45) is 17.8 Å². The molecular formula is C13H17NO2. The molecule has 2 unspecified atom stereocenters. The monoisotopic (exact) mass is 219 g/mol. The topological polar surface area (TPSA) is 42.2 Å². The van der Waals surface area contributed by atoms with Gasteiger partial charge >= 0.3 is 0 Å². The highest BCUT2D eigenvalue weighted by Crippen LogP contribution is 2.54. The van der Waals surface area contributed by atoms with Crippen LogP contribution in [0.25, 0.3) is 0 Å². The van der Waals surface area contributed by atoms with E-state index in [2.05, 4.69) is 5.32 Å². The molecular weight excluding hydrogens is 202 g/mol. The van der Waals surface area contributed by atoms with Crippen LogP contribution in [0.15, 0.2) is 22.8 Å². The van der Waals surface area contributed by atoms with E-state index >= 15 is 0 Å². The molecule has 2 saturated carbocycles. The molecule has 1 aromatic rings. The van der Waals surface area contributed by atoms with Crippen LogP contribution in [0.1, 0.15) is 38.0 Å². The molecule has 2 aliphatic rings. The Bertz CT molecular complexity index is 375. The first-order valence-corrected chi connectivity index (χ1v) is 6.08. The van der Waals surface area contributed by atoms with E-state index in [0.29, 0.717) is 0 Å². The molecule has 3 nitrogen and oxygen atoms in total. The standard InChI is InChI=1S/C13H17NO2/c1-8(12-3-2-4-16-12)14-13(15)11-6-9-5-10(9)7-11/h2-4,8-11H,5-7H2,1H3,(H,14,15)/t8-,9?,10?,11?/m0/s1. The summed E-state index contributed by atoms with van der Waals surface area (Å²) in [4.78, 5) is 12.0. The van der Waals surface area contributed by atoms with Crippen LogP contribution in [0.4, 0.5) is 0 Å². The molecule has 3 rings (SSSR count). The van der Waals surface area contributed by atoms with E-state index in [1.807, 2.05) is 19.1 Å². The number of hydrogen-bond acceptors (Lipinski definition) is 2. The summed E-state index contributed by atoms with van der Waals surface area (Å²) in [7, 11) is 0. The second kappa shape index (κ2) is 3.65. The van der Waals surface area contributed by atoms with E-state index in [1.54, 1.807) is 6.26 Å². The van der Waals surface area contributed by atoms with Crippen molar-refractivity contribution in [2.75, 3.05) is 0 Å². The summed E-state index contributed by atoms with van der Waals surface area (Å²) in [6.45, 7) is 1.96. The van der Waals surface area contributed by atoms with Crippen molar-refractivity contribution in [2.45, 2.75) is 32.2 Å². The fourth-order valence-corrected chi connectivity index (χ4v) is 2.87. The fraction of sp³-hybridized carbons (Fsp3) is 0.615. The highest BCUT2D eigenvalue weighted by molar-refractivity contribution is 5.79. The fourth-order valence-electron chi connectivity index (χ4n) is 2.87. The average molecular weight is 219 g/mol. The molecule has 1 heterocycles. The second-order valence-electron chi connectivity index (χ2n) is 5.17. The Morgan fingerprint density at radius 1 is 1.44 bits per heavy atom. The molecule has 2 fully saturated rings. The number of carbonyl (C=O) groups excluding carboxylic acids is 1. The quantitative estimate of drug-likeness (QED) is 0.848. The molecule has 2 aliphatic carbocycles. The molecule has 3 heteroatoms. The van der Waals surface area contributed by atoms with Crippen LogP contribution in [0.3, 0.4) is 0 Å². The molecule has 3 atom stereocenters. The highest BCUT2D eigenvalue weighted by atomic mass is 16.3. The minimum absolute atomic E-state index is 0.0144. The second-order valence-corrected chi connectivity index (χ2v) is 5.17. The number of hydrogen-bond donors (Lipinski definition) is 1. The van der Waals surface area contributed by atoms with Crippen molar-refractivity contribution in [1.82, 2.24) is 5.32 Å². The lowest BCUT2D eigenvalue weighted by Crippen LogP contribution is -2.32. The smallest absolute Gasteiger partial charge is 0.223 e. The van der Waals surface area contributed by atoms with Crippen LogP contribution in [-0.4, -0.2) is 5.91 Å². The van der Waals surface area contributed by atoms with Gasteiger partial charge in [0.2, 0.25) is 5.91 Å². The summed E-state index contributed by atoms with van der Waals surface area (Å²) in [5.41, 5.74) is 0. The zero-order chi connectivity index (χ0) is 11.1. The third-order valence-electron chi connectivity index (χ3n) is 3.94. The third-order valence-corrected chi connectivity index (χ3v) is 3.94. The molecule has 16 heavy (non-hydrogen) atoms. The Morgan fingerprint density at radius 2 is 2.19 bits per heavy atom. The van der Waals surface area contributed by atoms with Gasteiger partial charge in [0.15, 0.2) is 0 Å². The average Bonchev–Trinajstić information content (AvgIpc) is 2.77. The molecule has 1 N–H and O–H groups in total. The van der Waals surface area contributed by atoms with Crippen molar-refractivity contribution >= 4 is 5.91 Å². The molecule has 86 valence electrons. The summed E-state index contributed by atoms with van der Waals surface area (Å²) >= 11 is 0. The Balaban J connectivity index is 1.56. The van der Waals surface area contributed by atoms with Crippen LogP contribution in [0.5, 0.6) is 0 Å². The molecule has 0 spiro atoms. The van der Waals surface area contributed by atoms with E-state index in [4.69, 9.17) is 4.42 Å². The predicted molar refractivity (Wildman–Crippen MR) is 59.6 cm³/mol. The van der Waals surface area contributed by atoms with Crippen LogP contribution >= 0.6 is 0 Å². The van der Waals surface area contributed by atoms with Gasteiger partial charge in [-0.05, 0) is 50.2 Å². The zero-order valence-electron chi connectivity index (χ0n) is 9.48. The number of amides is 1. The molecule has 0 radical (unpaired) electrons. The van der Waals surface area contributed by atoms with Gasteiger partial charge in [0, 0.05) is 5.92 Å². The summed E-state index contributed by atoms with van der Waals surface area (Å²) in [5, 5.41) is 3.03. The van der Waals surface area contributed by atoms with Gasteiger partial charge in [0.25, 0.3) is 0 Å². The first kappa shape index (κ1) is 9.94. The summed E-state index contributed by atoms with van der Waals surface area (Å²) in [6, 6.07) is 3.74. The summed E-state index contributed by atoms with van der Waals surface area (Å²) < 4.78 is 5.27. The number of rotatable bonds is 3. The third kappa shape index (κ3) is 1.75. The van der Waals surface area contributed by atoms with Gasteiger partial charge in [-0.3, -0.25) is 4.79 Å². The Labute approximate surface area is 95.2 Å². The molecule has 0 bridgehead atoms. The number of fused-ring (bicyclic) bond motifs is 1. The van der Waals surface area contributed by atoms with E-state index < -0.39 is 0 Å². The Kier molecular flexibility index (Phi) is 2.27. The Hall–Kier alpha value is -1.25. The molecule has 0 aliphatic heterocycles. The van der Waals surface area contributed by atoms with Crippen molar-refractivity contribution < 1.29 is 9.21 Å². The lowest BCUT2D eigenvalue weighted by molar-refractivity contribution is -0.125. The number of nitrogens with one attached hydrogen (secondary N) is 1. The summed E-state index contributed by atoms with van der Waals surface area (Å²) in [5.74, 6) is 3.00. The maximum atomic E-state index is 12.0. The van der Waals surface area contributed by atoms with Crippen LogP contribution in [0.2, 0.25) is 0 Å². The SMILES string of the molecule is C[C@H](NC(=O)C1CC2CC2C1)c1ccco1. The van der Waals surface area contributed by atoms with E-state index in [9.17, 15) is 4.79 Å². The maximum Gasteiger partial charge on any atom is 0.223 e. The van der Waals surface area contributed by atoms with E-state index in [1.165, 1.54) is 6.42 Å². The van der Waals surface area contributed by atoms with Gasteiger partial charge in [0.1, 0.15) is 5.76 Å². The Morgan fingerprint density at radius 3 is 2.81 bits per heavy atom. The van der Waals surface area contributed by atoms with Gasteiger partial charge in [0.05, 0.1) is 12.3 Å². The first-order chi connectivity index (χ1) is 7.74. The minimum Gasteiger partial charge on any atom is -0.467 e. The van der Waals surface area contributed by atoms with Crippen molar-refractivity contribution in [3.63, 3.8) is 0 Å². The van der Waals surface area contributed by atoms with Gasteiger partial charge in [-0.2, -0.15) is 0 Å². The minimum atomic E-state index is -0.0144. The van der Waals surface area contributed by atoms with Gasteiger partial charge in [-0.1, -0.05) is 0 Å². The molecule has 1 amide bonds. The van der Waals surface area contributed by atoms with Gasteiger partial charge in [-0.15, -0.1) is 0 Å². The zero-order valence-corrected chi connectivity index (χ0v) is 9.48. The molecule has 0 saturated heterocycles. The molecule has 0 aromatic carbocycles. The summed E-state index contributed by atoms with van der Waals surface area (Å²) in [6.07, 6.45) is 5.20. The molecule has 1 aromatic heterocycles. The van der Waals surface area contributed by atoms with E-state index in [0.717, 1.165) is 30.4 Å². The lowest BCUT2D eigenvalue weighted by Gasteiger charge is -2.16. The van der Waals surface area contributed by atoms with Crippen LogP contribution < -0.4 is 5.32 Å². The van der Waals surface area contributed by atoms with Crippen molar-refractivity contribution in [3.05, 3.63) is 24.2 Å². The van der Waals surface area contributed by atoms with E-state index in [-0.39, 0.29) is 17.9 Å². The number of carbonyl (C=O) groups is 1. The van der Waals surface area contributed by atoms with Crippen molar-refractivity contribution in [3.8, 4) is 0 Å².